The molecule has 1 aromatic heterocycles. The van der Waals surface area contributed by atoms with E-state index >= 15 is 0 Å². The molecule has 2 aromatic rings. The number of aromatic nitrogens is 3. The average molecular weight is 518 g/mol. The molecule has 0 bridgehead atoms. The van der Waals surface area contributed by atoms with Gasteiger partial charge in [0.1, 0.15) is 24.7 Å². The van der Waals surface area contributed by atoms with Gasteiger partial charge in [-0.25, -0.2) is 4.99 Å². The van der Waals surface area contributed by atoms with Crippen LogP contribution in [0.25, 0.3) is 0 Å². The van der Waals surface area contributed by atoms with Crippen LogP contribution in [0, 0.1) is 6.92 Å². The minimum atomic E-state index is 0. The lowest BCUT2D eigenvalue weighted by atomic mass is 10.3. The Labute approximate surface area is 189 Å². The number of aliphatic imine (C=N–C) groups is 1. The van der Waals surface area contributed by atoms with E-state index in [0.29, 0.717) is 13.2 Å². The number of hydrogen-bond acceptors (Lipinski definition) is 5. The lowest BCUT2D eigenvalue weighted by Gasteiger charge is -2.22. The number of likely N-dealkylation sites (N-methyl/N-ethyl adjacent to an activating group) is 1. The Balaban J connectivity index is 0.00000392. The number of nitrogens with zero attached hydrogens (tertiary/aromatic N) is 5. The number of ether oxygens (including phenoxy) is 1. The number of aryl methyl sites for hydroxylation is 1. The fraction of sp³-hybridized carbons (Fsp3) is 0.526. The van der Waals surface area contributed by atoms with E-state index in [1.165, 1.54) is 0 Å². The van der Waals surface area contributed by atoms with Crippen LogP contribution < -0.4 is 10.1 Å². The maximum absolute atomic E-state index is 5.80. The van der Waals surface area contributed by atoms with E-state index < -0.39 is 0 Å². The number of thioether (sulfide) groups is 1. The summed E-state index contributed by atoms with van der Waals surface area (Å²) in [6.07, 6.45) is 3.22. The van der Waals surface area contributed by atoms with Gasteiger partial charge in [-0.05, 0) is 37.5 Å². The zero-order valence-electron chi connectivity index (χ0n) is 17.1. The van der Waals surface area contributed by atoms with E-state index in [1.807, 2.05) is 67.7 Å². The van der Waals surface area contributed by atoms with Crippen LogP contribution in [0.4, 0.5) is 0 Å². The van der Waals surface area contributed by atoms with Gasteiger partial charge < -0.3 is 19.5 Å². The molecule has 0 aliphatic heterocycles. The quantitative estimate of drug-likeness (QED) is 0.226. The predicted octanol–water partition coefficient (Wildman–Crippen LogP) is 2.95. The van der Waals surface area contributed by atoms with E-state index in [0.717, 1.165) is 48.6 Å². The molecular formula is C19H31IN6OS. The third-order valence-corrected chi connectivity index (χ3v) is 4.86. The van der Waals surface area contributed by atoms with Gasteiger partial charge in [0.05, 0.1) is 6.54 Å². The van der Waals surface area contributed by atoms with Crippen molar-refractivity contribution in [3.8, 4) is 5.75 Å². The topological polar surface area (TPSA) is 67.6 Å². The molecule has 0 spiro atoms. The number of rotatable bonds is 10. The van der Waals surface area contributed by atoms with Crippen LogP contribution in [-0.4, -0.2) is 64.4 Å². The molecule has 1 N–H and O–H groups in total. The highest BCUT2D eigenvalue weighted by Gasteiger charge is 2.09. The second-order valence-corrected chi connectivity index (χ2v) is 7.20. The highest BCUT2D eigenvalue weighted by Crippen LogP contribution is 2.08. The average Bonchev–Trinajstić information content (AvgIpc) is 3.00. The van der Waals surface area contributed by atoms with Crippen LogP contribution in [0.2, 0.25) is 0 Å². The van der Waals surface area contributed by atoms with Gasteiger partial charge in [0.25, 0.3) is 0 Å². The summed E-state index contributed by atoms with van der Waals surface area (Å²) in [7, 11) is 3.99. The molecule has 9 heteroatoms. The maximum Gasteiger partial charge on any atom is 0.194 e. The van der Waals surface area contributed by atoms with Crippen molar-refractivity contribution in [3.63, 3.8) is 0 Å². The summed E-state index contributed by atoms with van der Waals surface area (Å²) in [5, 5.41) is 11.7. The van der Waals surface area contributed by atoms with Gasteiger partial charge in [0.2, 0.25) is 0 Å². The fourth-order valence-electron chi connectivity index (χ4n) is 2.39. The van der Waals surface area contributed by atoms with Gasteiger partial charge in [-0.15, -0.1) is 34.2 Å². The van der Waals surface area contributed by atoms with E-state index in [2.05, 4.69) is 26.7 Å². The second-order valence-electron chi connectivity index (χ2n) is 6.22. The number of para-hydroxylation sites is 1. The minimum absolute atomic E-state index is 0. The number of benzene rings is 1. The molecule has 0 aliphatic carbocycles. The molecule has 0 radical (unpaired) electrons. The van der Waals surface area contributed by atoms with Crippen molar-refractivity contribution < 1.29 is 4.74 Å². The first-order chi connectivity index (χ1) is 13.1. The largest absolute Gasteiger partial charge is 0.492 e. The summed E-state index contributed by atoms with van der Waals surface area (Å²) in [4.78, 5) is 6.83. The van der Waals surface area contributed by atoms with Crippen LogP contribution in [-0.2, 0) is 13.6 Å². The Morgan fingerprint density at radius 3 is 2.68 bits per heavy atom. The van der Waals surface area contributed by atoms with Crippen molar-refractivity contribution in [3.05, 3.63) is 42.0 Å². The summed E-state index contributed by atoms with van der Waals surface area (Å²) in [5.74, 6) is 4.60. The Morgan fingerprint density at radius 1 is 1.29 bits per heavy atom. The molecule has 7 nitrogen and oxygen atoms in total. The number of halogens is 1. The molecule has 0 aliphatic rings. The zero-order chi connectivity index (χ0) is 19.5. The third kappa shape index (κ3) is 8.26. The molecule has 0 unspecified atom stereocenters. The number of hydrogen-bond donors (Lipinski definition) is 1. The fourth-order valence-corrected chi connectivity index (χ4v) is 2.82. The number of guanidine groups is 1. The van der Waals surface area contributed by atoms with Crippen molar-refractivity contribution in [1.29, 1.82) is 0 Å². The van der Waals surface area contributed by atoms with Gasteiger partial charge in [-0.2, -0.15) is 11.8 Å². The first kappa shape index (κ1) is 24.5. The minimum Gasteiger partial charge on any atom is -0.492 e. The maximum atomic E-state index is 5.80. The highest BCUT2D eigenvalue weighted by atomic mass is 127. The van der Waals surface area contributed by atoms with Crippen molar-refractivity contribution in [2.75, 3.05) is 38.8 Å². The molecule has 28 heavy (non-hydrogen) atoms. The van der Waals surface area contributed by atoms with Gasteiger partial charge in [-0.1, -0.05) is 18.2 Å². The number of nitrogens with one attached hydrogen (secondary N) is 1. The van der Waals surface area contributed by atoms with E-state index in [1.54, 1.807) is 0 Å². The predicted molar refractivity (Wildman–Crippen MR) is 128 cm³/mol. The lowest BCUT2D eigenvalue weighted by Crippen LogP contribution is -2.41. The third-order valence-electron chi connectivity index (χ3n) is 4.16. The zero-order valence-corrected chi connectivity index (χ0v) is 20.2. The molecule has 1 heterocycles. The summed E-state index contributed by atoms with van der Waals surface area (Å²) in [6, 6.07) is 9.86. The van der Waals surface area contributed by atoms with Crippen molar-refractivity contribution in [2.24, 2.45) is 12.0 Å². The van der Waals surface area contributed by atoms with Crippen LogP contribution >= 0.6 is 35.7 Å². The van der Waals surface area contributed by atoms with Gasteiger partial charge in [0, 0.05) is 20.6 Å². The molecular weight excluding hydrogens is 487 g/mol. The van der Waals surface area contributed by atoms with Crippen molar-refractivity contribution >= 4 is 41.7 Å². The first-order valence-electron chi connectivity index (χ1n) is 9.13. The van der Waals surface area contributed by atoms with Crippen LogP contribution in [0.3, 0.4) is 0 Å². The second kappa shape index (κ2) is 13.6. The molecule has 0 saturated heterocycles. The van der Waals surface area contributed by atoms with Crippen LogP contribution in [0.5, 0.6) is 5.75 Å². The van der Waals surface area contributed by atoms with E-state index in [4.69, 9.17) is 9.73 Å². The van der Waals surface area contributed by atoms with E-state index in [-0.39, 0.29) is 24.0 Å². The summed E-state index contributed by atoms with van der Waals surface area (Å²) in [5.41, 5.74) is 0. The molecule has 0 amide bonds. The van der Waals surface area contributed by atoms with Gasteiger partial charge in [0.15, 0.2) is 11.8 Å². The molecule has 156 valence electrons. The first-order valence-corrected chi connectivity index (χ1v) is 10.5. The monoisotopic (exact) mass is 518 g/mol. The highest BCUT2D eigenvalue weighted by molar-refractivity contribution is 14.0. The molecule has 0 atom stereocenters. The standard InChI is InChI=1S/C19H30N6OS.HI/c1-16-22-23-18(25(16)3)15-21-19(20-11-8-14-27-4)24(2)12-13-26-17-9-6-5-7-10-17;/h5-7,9-10H,8,11-15H2,1-4H3,(H,20,21);1H. The lowest BCUT2D eigenvalue weighted by molar-refractivity contribution is 0.281. The Bertz CT molecular complexity index is 710. The smallest absolute Gasteiger partial charge is 0.194 e. The SMILES string of the molecule is CSCCCNC(=NCc1nnc(C)n1C)N(C)CCOc1ccccc1.I. The molecule has 2 rings (SSSR count). The van der Waals surface area contributed by atoms with Crippen LogP contribution in [0.1, 0.15) is 18.1 Å². The Hall–Kier alpha value is -1.49. The van der Waals surface area contributed by atoms with E-state index in [9.17, 15) is 0 Å². The van der Waals surface area contributed by atoms with Crippen molar-refractivity contribution in [1.82, 2.24) is 25.0 Å². The summed E-state index contributed by atoms with van der Waals surface area (Å²) in [6.45, 7) is 4.65. The Kier molecular flexibility index (Phi) is 12.0. The van der Waals surface area contributed by atoms with Crippen LogP contribution in [0.15, 0.2) is 35.3 Å². The molecule has 1 aromatic carbocycles. The Morgan fingerprint density at radius 2 is 2.04 bits per heavy atom. The van der Waals surface area contributed by atoms with Crippen molar-refractivity contribution in [2.45, 2.75) is 19.9 Å². The summed E-state index contributed by atoms with van der Waals surface area (Å²) >= 11 is 1.85. The van der Waals surface area contributed by atoms with Gasteiger partial charge >= 0.3 is 0 Å². The summed E-state index contributed by atoms with van der Waals surface area (Å²) < 4.78 is 7.77. The normalized spacial score (nSPS) is 11.1. The molecule has 0 fully saturated rings. The van der Waals surface area contributed by atoms with Gasteiger partial charge in [-0.3, -0.25) is 0 Å². The molecule has 0 saturated carbocycles.